The van der Waals surface area contributed by atoms with Gasteiger partial charge in [0.05, 0.1) is 0 Å². The van der Waals surface area contributed by atoms with Crippen LogP contribution in [0.1, 0.15) is 71.6 Å². The van der Waals surface area contributed by atoms with Gasteiger partial charge in [-0.15, -0.1) is 0 Å². The van der Waals surface area contributed by atoms with Crippen molar-refractivity contribution in [2.24, 2.45) is 34.5 Å². The summed E-state index contributed by atoms with van der Waals surface area (Å²) in [6.07, 6.45) is 10.6. The van der Waals surface area contributed by atoms with E-state index in [4.69, 9.17) is 0 Å². The molecule has 4 rings (SSSR count). The maximum Gasteiger partial charge on any atom is 0.162 e. The van der Waals surface area contributed by atoms with Crippen LogP contribution in [0.15, 0.2) is 0 Å². The van der Waals surface area contributed by atoms with Crippen LogP contribution in [-0.2, 0) is 4.79 Å². The van der Waals surface area contributed by atoms with E-state index in [1.54, 1.807) is 0 Å². The first-order valence-corrected chi connectivity index (χ1v) is 9.17. The Morgan fingerprint density at radius 2 is 1.76 bits per heavy atom. The molecule has 0 aliphatic heterocycles. The monoisotopic (exact) mass is 290 g/mol. The van der Waals surface area contributed by atoms with Gasteiger partial charge < -0.3 is 5.11 Å². The molecule has 4 aliphatic carbocycles. The lowest BCUT2D eigenvalue weighted by atomic mass is 9.45. The van der Waals surface area contributed by atoms with Crippen molar-refractivity contribution in [3.05, 3.63) is 0 Å². The van der Waals surface area contributed by atoms with E-state index in [0.29, 0.717) is 23.7 Å². The maximum atomic E-state index is 12.1. The third-order valence-electron chi connectivity index (χ3n) is 8.37. The number of fused-ring (bicyclic) bond motifs is 5. The zero-order chi connectivity index (χ0) is 14.8. The highest BCUT2D eigenvalue weighted by Crippen LogP contribution is 2.65. The number of rotatable bonds is 0. The maximum absolute atomic E-state index is 12.1. The van der Waals surface area contributed by atoms with E-state index in [1.165, 1.54) is 44.9 Å². The summed E-state index contributed by atoms with van der Waals surface area (Å²) >= 11 is 0. The Kier molecular flexibility index (Phi) is 3.10. The van der Waals surface area contributed by atoms with Crippen LogP contribution in [0.2, 0.25) is 0 Å². The predicted molar refractivity (Wildman–Crippen MR) is 82.7 cm³/mol. The number of aliphatic hydroxyl groups excluding tert-OH is 1. The minimum atomic E-state index is -0.680. The molecule has 21 heavy (non-hydrogen) atoms. The minimum Gasteiger partial charge on any atom is -0.385 e. The van der Waals surface area contributed by atoms with Crippen LogP contribution in [0.4, 0.5) is 0 Å². The zero-order valence-corrected chi connectivity index (χ0v) is 13.6. The van der Waals surface area contributed by atoms with E-state index in [2.05, 4.69) is 13.8 Å². The van der Waals surface area contributed by atoms with Gasteiger partial charge in [0.1, 0.15) is 6.10 Å². The SMILES string of the molecule is C[C@]12CCCC[C@@H]1CC[C@@H]1[C@@H]2CC[C@]2(C)[C@H](O)C(=O)C[C@@H]12. The molecule has 2 heteroatoms. The average Bonchev–Trinajstić information content (AvgIpc) is 2.70. The highest BCUT2D eigenvalue weighted by atomic mass is 16.3. The Hall–Kier alpha value is -0.370. The molecule has 0 amide bonds. The molecule has 0 aromatic heterocycles. The number of hydrogen-bond acceptors (Lipinski definition) is 2. The normalized spacial score (nSPS) is 56.5. The Morgan fingerprint density at radius 3 is 2.57 bits per heavy atom. The fourth-order valence-corrected chi connectivity index (χ4v) is 7.06. The van der Waals surface area contributed by atoms with Crippen molar-refractivity contribution in [2.45, 2.75) is 77.7 Å². The summed E-state index contributed by atoms with van der Waals surface area (Å²) in [6.45, 7) is 4.75. The van der Waals surface area contributed by atoms with Crippen LogP contribution < -0.4 is 0 Å². The van der Waals surface area contributed by atoms with Crippen LogP contribution in [0.5, 0.6) is 0 Å². The second-order valence-electron chi connectivity index (χ2n) is 9.02. The van der Waals surface area contributed by atoms with Gasteiger partial charge in [-0.25, -0.2) is 0 Å². The highest BCUT2D eigenvalue weighted by Gasteiger charge is 2.61. The number of carbonyl (C=O) groups is 1. The molecule has 0 saturated heterocycles. The molecule has 4 aliphatic rings. The molecule has 0 aromatic carbocycles. The molecular weight excluding hydrogens is 260 g/mol. The molecule has 7 atom stereocenters. The largest absolute Gasteiger partial charge is 0.385 e. The van der Waals surface area contributed by atoms with E-state index in [9.17, 15) is 9.90 Å². The van der Waals surface area contributed by atoms with Gasteiger partial charge in [-0.3, -0.25) is 4.79 Å². The van der Waals surface area contributed by atoms with Gasteiger partial charge in [-0.05, 0) is 67.6 Å². The number of Topliss-reactive ketones (excluding diaryl/α,β-unsaturated/α-hetero) is 1. The summed E-state index contributed by atoms with van der Waals surface area (Å²) in [5.74, 6) is 3.02. The Bertz CT molecular complexity index is 458. The van der Waals surface area contributed by atoms with Crippen molar-refractivity contribution >= 4 is 5.78 Å². The van der Waals surface area contributed by atoms with E-state index in [-0.39, 0.29) is 11.2 Å². The van der Waals surface area contributed by atoms with Crippen LogP contribution in [0, 0.1) is 34.5 Å². The summed E-state index contributed by atoms with van der Waals surface area (Å²) in [7, 11) is 0. The van der Waals surface area contributed by atoms with Crippen molar-refractivity contribution < 1.29 is 9.90 Å². The van der Waals surface area contributed by atoms with Gasteiger partial charge in [0.15, 0.2) is 5.78 Å². The van der Waals surface area contributed by atoms with E-state index >= 15 is 0 Å². The molecule has 0 unspecified atom stereocenters. The third-order valence-corrected chi connectivity index (χ3v) is 8.37. The molecule has 1 N–H and O–H groups in total. The second kappa shape index (κ2) is 4.57. The third kappa shape index (κ3) is 1.77. The predicted octanol–water partition coefficient (Wildman–Crippen LogP) is 3.96. The lowest BCUT2D eigenvalue weighted by Gasteiger charge is -2.60. The Labute approximate surface area is 128 Å². The smallest absolute Gasteiger partial charge is 0.162 e. The lowest BCUT2D eigenvalue weighted by molar-refractivity contribution is -0.133. The molecule has 4 saturated carbocycles. The topological polar surface area (TPSA) is 37.3 Å². The summed E-state index contributed by atoms with van der Waals surface area (Å²) < 4.78 is 0. The number of carbonyl (C=O) groups excluding carboxylic acids is 1. The molecule has 0 bridgehead atoms. The van der Waals surface area contributed by atoms with Gasteiger partial charge >= 0.3 is 0 Å². The fraction of sp³-hybridized carbons (Fsp3) is 0.947. The molecule has 4 fully saturated rings. The molecule has 0 spiro atoms. The summed E-state index contributed by atoms with van der Waals surface area (Å²) in [5, 5.41) is 10.4. The molecule has 0 radical (unpaired) electrons. The standard InChI is InChI=1S/C19H30O2/c1-18-9-4-3-5-12(18)6-7-13-14(18)8-10-19(2)15(13)11-16(20)17(19)21/h12-15,17,21H,3-11H2,1-2H3/t12-,13-,14+,15+,17-,18+,19+/m1/s1. The van der Waals surface area contributed by atoms with Crippen molar-refractivity contribution in [3.63, 3.8) is 0 Å². The van der Waals surface area contributed by atoms with E-state index in [0.717, 1.165) is 18.3 Å². The van der Waals surface area contributed by atoms with Gasteiger partial charge in [0.25, 0.3) is 0 Å². The molecular formula is C19H30O2. The van der Waals surface area contributed by atoms with E-state index in [1.807, 2.05) is 0 Å². The lowest BCUT2D eigenvalue weighted by Crippen LogP contribution is -2.53. The molecule has 0 heterocycles. The highest BCUT2D eigenvalue weighted by molar-refractivity contribution is 5.86. The summed E-state index contributed by atoms with van der Waals surface area (Å²) in [4.78, 5) is 12.1. The van der Waals surface area contributed by atoms with Crippen LogP contribution in [-0.4, -0.2) is 17.0 Å². The first kappa shape index (κ1) is 14.2. The summed E-state index contributed by atoms with van der Waals surface area (Å²) in [6, 6.07) is 0. The van der Waals surface area contributed by atoms with Gasteiger partial charge in [0.2, 0.25) is 0 Å². The Morgan fingerprint density at radius 1 is 0.952 bits per heavy atom. The minimum absolute atomic E-state index is 0.115. The van der Waals surface area contributed by atoms with Gasteiger partial charge in [-0.2, -0.15) is 0 Å². The van der Waals surface area contributed by atoms with E-state index < -0.39 is 6.10 Å². The zero-order valence-electron chi connectivity index (χ0n) is 13.6. The van der Waals surface area contributed by atoms with Crippen LogP contribution in [0.3, 0.4) is 0 Å². The quantitative estimate of drug-likeness (QED) is 0.733. The van der Waals surface area contributed by atoms with Crippen molar-refractivity contribution in [3.8, 4) is 0 Å². The molecule has 0 aromatic rings. The first-order valence-electron chi connectivity index (χ1n) is 9.17. The van der Waals surface area contributed by atoms with Crippen molar-refractivity contribution in [1.29, 1.82) is 0 Å². The van der Waals surface area contributed by atoms with Gasteiger partial charge in [0, 0.05) is 11.8 Å². The second-order valence-corrected chi connectivity index (χ2v) is 9.02. The number of aliphatic hydroxyl groups is 1. The fourth-order valence-electron chi connectivity index (χ4n) is 7.06. The van der Waals surface area contributed by atoms with Crippen molar-refractivity contribution in [2.75, 3.05) is 0 Å². The molecule has 2 nitrogen and oxygen atoms in total. The van der Waals surface area contributed by atoms with Crippen LogP contribution >= 0.6 is 0 Å². The summed E-state index contributed by atoms with van der Waals surface area (Å²) in [5.41, 5.74) is 0.412. The van der Waals surface area contributed by atoms with Crippen LogP contribution in [0.25, 0.3) is 0 Å². The van der Waals surface area contributed by atoms with Crippen molar-refractivity contribution in [1.82, 2.24) is 0 Å². The number of ketones is 1. The molecule has 118 valence electrons. The van der Waals surface area contributed by atoms with Gasteiger partial charge in [-0.1, -0.05) is 26.7 Å². The average molecular weight is 290 g/mol. The Balaban J connectivity index is 1.67. The first-order chi connectivity index (χ1) is 9.97. The number of hydrogen-bond donors (Lipinski definition) is 1.